The van der Waals surface area contributed by atoms with Gasteiger partial charge in [-0.2, -0.15) is 0 Å². The highest BCUT2D eigenvalue weighted by atomic mass is 16.5. The highest BCUT2D eigenvalue weighted by Crippen LogP contribution is 2.20. The molecule has 0 saturated heterocycles. The predicted molar refractivity (Wildman–Crippen MR) is 40.4 cm³/mol. The van der Waals surface area contributed by atoms with Crippen LogP contribution in [-0.2, 0) is 4.74 Å². The minimum atomic E-state index is 0.371. The first-order valence-corrected chi connectivity index (χ1v) is 3.63. The quantitative estimate of drug-likeness (QED) is 0.457. The maximum Gasteiger partial charge on any atom is 0.0605 e. The minimum absolute atomic E-state index is 0.371. The van der Waals surface area contributed by atoms with E-state index in [1.54, 1.807) is 0 Å². The van der Waals surface area contributed by atoms with Crippen molar-refractivity contribution in [2.75, 3.05) is 6.61 Å². The van der Waals surface area contributed by atoms with E-state index in [0.717, 1.165) is 12.8 Å². The molecule has 0 unspecified atom stereocenters. The van der Waals surface area contributed by atoms with Crippen LogP contribution in [0.25, 0.3) is 0 Å². The van der Waals surface area contributed by atoms with Crippen molar-refractivity contribution in [2.24, 2.45) is 5.73 Å². The van der Waals surface area contributed by atoms with E-state index in [0.29, 0.717) is 25.2 Å². The van der Waals surface area contributed by atoms with Crippen LogP contribution in [0.2, 0.25) is 0 Å². The summed E-state index contributed by atoms with van der Waals surface area (Å²) in [6, 6.07) is 0.371. The van der Waals surface area contributed by atoms with Crippen LogP contribution in [0.3, 0.4) is 0 Å². The highest BCUT2D eigenvalue weighted by Gasteiger charge is 2.25. The molecule has 0 spiro atoms. The van der Waals surface area contributed by atoms with Crippen molar-refractivity contribution in [2.45, 2.75) is 31.4 Å². The topological polar surface area (TPSA) is 35.2 Å². The summed E-state index contributed by atoms with van der Waals surface area (Å²) in [5, 5.41) is 0. The fraction of sp³-hybridized carbons (Fsp3) is 0.750. The Hall–Kier alpha value is -0.520. The maximum absolute atomic E-state index is 5.55. The monoisotopic (exact) mass is 139 g/mol. The average Bonchev–Trinajstić information content (AvgIpc) is 1.85. The number of ether oxygens (including phenoxy) is 1. The molecular formula is C8H13NO. The van der Waals surface area contributed by atoms with Gasteiger partial charge in [-0.1, -0.05) is 0 Å². The number of nitrogens with two attached hydrogens (primary N) is 1. The molecule has 2 heteroatoms. The molecule has 0 aromatic heterocycles. The number of rotatable bonds is 3. The molecule has 0 aromatic carbocycles. The zero-order chi connectivity index (χ0) is 7.40. The summed E-state index contributed by atoms with van der Waals surface area (Å²) in [7, 11) is 0. The van der Waals surface area contributed by atoms with Gasteiger partial charge in [-0.25, -0.2) is 0 Å². The van der Waals surface area contributed by atoms with E-state index in [9.17, 15) is 0 Å². The summed E-state index contributed by atoms with van der Waals surface area (Å²) in [5.74, 6) is 2.53. The molecule has 56 valence electrons. The molecule has 1 aliphatic rings. The van der Waals surface area contributed by atoms with Crippen LogP contribution in [0, 0.1) is 12.3 Å². The zero-order valence-corrected chi connectivity index (χ0v) is 6.05. The molecule has 0 atom stereocenters. The smallest absolute Gasteiger partial charge is 0.0605 e. The molecule has 2 N–H and O–H groups in total. The summed E-state index contributed by atoms with van der Waals surface area (Å²) in [6.07, 6.45) is 8.16. The predicted octanol–water partition coefficient (Wildman–Crippen LogP) is 0.516. The third-order valence-electron chi connectivity index (χ3n) is 1.73. The van der Waals surface area contributed by atoms with Crippen LogP contribution in [0.15, 0.2) is 0 Å². The SMILES string of the molecule is C#CCCOC1CC(N)C1. The Morgan fingerprint density at radius 1 is 1.60 bits per heavy atom. The lowest BCUT2D eigenvalue weighted by atomic mass is 9.90. The van der Waals surface area contributed by atoms with E-state index in [-0.39, 0.29) is 0 Å². The summed E-state index contributed by atoms with van der Waals surface area (Å²) in [5.41, 5.74) is 5.55. The second-order valence-corrected chi connectivity index (χ2v) is 2.68. The summed E-state index contributed by atoms with van der Waals surface area (Å²) < 4.78 is 5.37. The molecule has 0 aromatic rings. The molecule has 0 bridgehead atoms. The van der Waals surface area contributed by atoms with Crippen LogP contribution in [0.1, 0.15) is 19.3 Å². The largest absolute Gasteiger partial charge is 0.377 e. The molecule has 10 heavy (non-hydrogen) atoms. The molecule has 1 rings (SSSR count). The standard InChI is InChI=1S/C8H13NO/c1-2-3-4-10-8-5-7(9)6-8/h1,7-8H,3-6,9H2. The van der Waals surface area contributed by atoms with Crippen molar-refractivity contribution in [3.8, 4) is 12.3 Å². The van der Waals surface area contributed by atoms with Gasteiger partial charge in [-0.05, 0) is 12.8 Å². The maximum atomic E-state index is 5.55. The van der Waals surface area contributed by atoms with Gasteiger partial charge in [0.15, 0.2) is 0 Å². The fourth-order valence-corrected chi connectivity index (χ4v) is 1.03. The van der Waals surface area contributed by atoms with Crippen LogP contribution in [-0.4, -0.2) is 18.8 Å². The molecule has 0 amide bonds. The van der Waals surface area contributed by atoms with E-state index in [2.05, 4.69) is 5.92 Å². The average molecular weight is 139 g/mol. The Bertz CT molecular complexity index is 133. The minimum Gasteiger partial charge on any atom is -0.377 e. The van der Waals surface area contributed by atoms with Crippen molar-refractivity contribution in [3.63, 3.8) is 0 Å². The molecule has 0 aliphatic heterocycles. The Labute approximate surface area is 61.7 Å². The van der Waals surface area contributed by atoms with E-state index >= 15 is 0 Å². The lowest BCUT2D eigenvalue weighted by Gasteiger charge is -2.31. The number of hydrogen-bond donors (Lipinski definition) is 1. The Balaban J connectivity index is 1.91. The first-order valence-electron chi connectivity index (χ1n) is 3.63. The lowest BCUT2D eigenvalue weighted by molar-refractivity contribution is -0.00526. The first-order chi connectivity index (χ1) is 4.83. The van der Waals surface area contributed by atoms with Gasteiger partial charge in [0.05, 0.1) is 12.7 Å². The molecule has 1 fully saturated rings. The lowest BCUT2D eigenvalue weighted by Crippen LogP contribution is -2.41. The number of hydrogen-bond acceptors (Lipinski definition) is 2. The van der Waals surface area contributed by atoms with Crippen LogP contribution < -0.4 is 5.73 Å². The van der Waals surface area contributed by atoms with E-state index in [1.165, 1.54) is 0 Å². The van der Waals surface area contributed by atoms with Gasteiger partial charge in [-0.3, -0.25) is 0 Å². The zero-order valence-electron chi connectivity index (χ0n) is 6.05. The van der Waals surface area contributed by atoms with E-state index < -0.39 is 0 Å². The fourth-order valence-electron chi connectivity index (χ4n) is 1.03. The third-order valence-corrected chi connectivity index (χ3v) is 1.73. The van der Waals surface area contributed by atoms with Crippen molar-refractivity contribution in [1.29, 1.82) is 0 Å². The molecule has 1 aliphatic carbocycles. The molecule has 0 heterocycles. The van der Waals surface area contributed by atoms with Gasteiger partial charge in [0.1, 0.15) is 0 Å². The highest BCUT2D eigenvalue weighted by molar-refractivity contribution is 4.85. The third kappa shape index (κ3) is 2.02. The molecule has 0 radical (unpaired) electrons. The van der Waals surface area contributed by atoms with Crippen LogP contribution >= 0.6 is 0 Å². The summed E-state index contributed by atoms with van der Waals surface area (Å²) in [6.45, 7) is 0.688. The van der Waals surface area contributed by atoms with Crippen LogP contribution in [0.5, 0.6) is 0 Å². The molecule has 1 saturated carbocycles. The van der Waals surface area contributed by atoms with Gasteiger partial charge >= 0.3 is 0 Å². The summed E-state index contributed by atoms with van der Waals surface area (Å²) >= 11 is 0. The second kappa shape index (κ2) is 3.60. The summed E-state index contributed by atoms with van der Waals surface area (Å²) in [4.78, 5) is 0. The number of terminal acetylenes is 1. The van der Waals surface area contributed by atoms with Gasteiger partial charge in [0.25, 0.3) is 0 Å². The Morgan fingerprint density at radius 2 is 2.30 bits per heavy atom. The normalized spacial score (nSPS) is 30.8. The molecule has 2 nitrogen and oxygen atoms in total. The van der Waals surface area contributed by atoms with Crippen molar-refractivity contribution >= 4 is 0 Å². The van der Waals surface area contributed by atoms with Crippen molar-refractivity contribution in [3.05, 3.63) is 0 Å². The molecular weight excluding hydrogens is 126 g/mol. The van der Waals surface area contributed by atoms with E-state index in [4.69, 9.17) is 16.9 Å². The Morgan fingerprint density at radius 3 is 2.80 bits per heavy atom. The van der Waals surface area contributed by atoms with Gasteiger partial charge in [0, 0.05) is 12.5 Å². The first kappa shape index (κ1) is 7.59. The van der Waals surface area contributed by atoms with Crippen molar-refractivity contribution < 1.29 is 4.74 Å². The second-order valence-electron chi connectivity index (χ2n) is 2.68. The van der Waals surface area contributed by atoms with Gasteiger partial charge in [0.2, 0.25) is 0 Å². The van der Waals surface area contributed by atoms with Gasteiger partial charge in [-0.15, -0.1) is 12.3 Å². The van der Waals surface area contributed by atoms with Crippen molar-refractivity contribution in [1.82, 2.24) is 0 Å². The van der Waals surface area contributed by atoms with E-state index in [1.807, 2.05) is 0 Å². The van der Waals surface area contributed by atoms with Gasteiger partial charge < -0.3 is 10.5 Å². The Kier molecular flexibility index (Phi) is 2.73. The van der Waals surface area contributed by atoms with Crippen LogP contribution in [0.4, 0.5) is 0 Å².